The third-order valence-electron chi connectivity index (χ3n) is 5.52. The Morgan fingerprint density at radius 3 is 2.48 bits per heavy atom. The smallest absolute Gasteiger partial charge is 0.166 e. The van der Waals surface area contributed by atoms with Crippen molar-refractivity contribution >= 4 is 5.78 Å². The number of unbranched alkanes of at least 4 members (excludes halogenated alkanes) is 2. The van der Waals surface area contributed by atoms with Gasteiger partial charge < -0.3 is 14.9 Å². The van der Waals surface area contributed by atoms with Crippen LogP contribution in [0.3, 0.4) is 0 Å². The second-order valence-corrected chi connectivity index (χ2v) is 7.66. The van der Waals surface area contributed by atoms with Crippen molar-refractivity contribution in [3.05, 3.63) is 77.9 Å². The highest BCUT2D eigenvalue weighted by atomic mass is 16.5. The lowest BCUT2D eigenvalue weighted by molar-refractivity contribution is -0.118. The second-order valence-electron chi connectivity index (χ2n) is 7.66. The number of rotatable bonds is 11. The Bertz CT molecular complexity index is 815. The fourth-order valence-corrected chi connectivity index (χ4v) is 4.00. The van der Waals surface area contributed by atoms with Gasteiger partial charge in [0.2, 0.25) is 0 Å². The SMILES string of the molecule is O=C1C=C[C@](O)(CCCCOc2ccccc2)[C@H]1c1ccccc1CCCCO. The van der Waals surface area contributed by atoms with Gasteiger partial charge in [0, 0.05) is 6.61 Å². The van der Waals surface area contributed by atoms with Crippen LogP contribution < -0.4 is 4.74 Å². The Morgan fingerprint density at radius 1 is 0.931 bits per heavy atom. The summed E-state index contributed by atoms with van der Waals surface area (Å²) in [5.74, 6) is 0.252. The van der Waals surface area contributed by atoms with Crippen molar-refractivity contribution in [1.29, 1.82) is 0 Å². The first-order valence-corrected chi connectivity index (χ1v) is 10.5. The Balaban J connectivity index is 1.61. The first kappa shape index (κ1) is 21.3. The molecule has 4 heteroatoms. The van der Waals surface area contributed by atoms with Gasteiger partial charge in [-0.15, -0.1) is 0 Å². The van der Waals surface area contributed by atoms with Gasteiger partial charge in [0.15, 0.2) is 5.78 Å². The van der Waals surface area contributed by atoms with Crippen LogP contribution in [0.25, 0.3) is 0 Å². The predicted octanol–water partition coefficient (Wildman–Crippen LogP) is 4.20. The number of aryl methyl sites for hydroxylation is 1. The number of hydrogen-bond acceptors (Lipinski definition) is 4. The number of benzene rings is 2. The summed E-state index contributed by atoms with van der Waals surface area (Å²) in [7, 11) is 0. The molecular weight excluding hydrogens is 364 g/mol. The van der Waals surface area contributed by atoms with Crippen LogP contribution in [-0.2, 0) is 11.2 Å². The number of aliphatic hydroxyl groups excluding tert-OH is 1. The first-order chi connectivity index (χ1) is 14.1. The molecule has 0 unspecified atom stereocenters. The van der Waals surface area contributed by atoms with E-state index in [1.807, 2.05) is 54.6 Å². The maximum atomic E-state index is 12.6. The fourth-order valence-electron chi connectivity index (χ4n) is 4.00. The van der Waals surface area contributed by atoms with E-state index in [1.165, 1.54) is 6.08 Å². The molecule has 29 heavy (non-hydrogen) atoms. The average Bonchev–Trinajstić information content (AvgIpc) is 3.03. The van der Waals surface area contributed by atoms with Gasteiger partial charge in [0.1, 0.15) is 5.75 Å². The molecule has 0 spiro atoms. The number of para-hydroxylation sites is 1. The van der Waals surface area contributed by atoms with Gasteiger partial charge in [0.25, 0.3) is 0 Å². The van der Waals surface area contributed by atoms with Gasteiger partial charge in [0.05, 0.1) is 18.1 Å². The third kappa shape index (κ3) is 5.55. The molecule has 0 aliphatic heterocycles. The molecule has 0 amide bonds. The fraction of sp³-hybridized carbons (Fsp3) is 0.400. The minimum atomic E-state index is -1.16. The first-order valence-electron chi connectivity index (χ1n) is 10.5. The van der Waals surface area contributed by atoms with Crippen LogP contribution in [0.4, 0.5) is 0 Å². The molecule has 2 aromatic rings. The Kier molecular flexibility index (Phi) is 7.62. The molecule has 2 N–H and O–H groups in total. The quantitative estimate of drug-likeness (QED) is 0.561. The molecule has 0 heterocycles. The van der Waals surface area contributed by atoms with Crippen LogP contribution in [0.2, 0.25) is 0 Å². The van der Waals surface area contributed by atoms with E-state index in [0.717, 1.165) is 49.0 Å². The van der Waals surface area contributed by atoms with E-state index < -0.39 is 11.5 Å². The number of carbonyl (C=O) groups is 1. The molecule has 0 fully saturated rings. The van der Waals surface area contributed by atoms with Crippen molar-refractivity contribution < 1.29 is 19.7 Å². The number of allylic oxidation sites excluding steroid dienone is 1. The zero-order valence-corrected chi connectivity index (χ0v) is 16.8. The summed E-state index contributed by atoms with van der Waals surface area (Å²) in [5.41, 5.74) is 0.828. The van der Waals surface area contributed by atoms with Gasteiger partial charge >= 0.3 is 0 Å². The van der Waals surface area contributed by atoms with Crippen LogP contribution in [-0.4, -0.2) is 34.8 Å². The molecule has 1 aliphatic carbocycles. The second kappa shape index (κ2) is 10.4. The molecule has 3 rings (SSSR count). The van der Waals surface area contributed by atoms with Crippen LogP contribution in [0.15, 0.2) is 66.7 Å². The lowest BCUT2D eigenvalue weighted by Crippen LogP contribution is -2.34. The van der Waals surface area contributed by atoms with E-state index in [4.69, 9.17) is 9.84 Å². The maximum absolute atomic E-state index is 12.6. The van der Waals surface area contributed by atoms with E-state index >= 15 is 0 Å². The van der Waals surface area contributed by atoms with Gasteiger partial charge in [-0.25, -0.2) is 0 Å². The van der Waals surface area contributed by atoms with Crippen molar-refractivity contribution in [2.24, 2.45) is 0 Å². The molecule has 4 nitrogen and oxygen atoms in total. The molecule has 2 aromatic carbocycles. The highest BCUT2D eigenvalue weighted by molar-refractivity contribution is 6.00. The number of ether oxygens (including phenoxy) is 1. The number of aliphatic hydroxyl groups is 2. The summed E-state index contributed by atoms with van der Waals surface area (Å²) in [4.78, 5) is 12.6. The molecule has 2 atom stereocenters. The summed E-state index contributed by atoms with van der Waals surface area (Å²) in [6.07, 6.45) is 7.67. The Hall–Kier alpha value is -2.43. The van der Waals surface area contributed by atoms with Crippen LogP contribution >= 0.6 is 0 Å². The van der Waals surface area contributed by atoms with Crippen molar-refractivity contribution in [2.75, 3.05) is 13.2 Å². The standard InChI is InChI=1S/C25H30O4/c26-18-8-6-11-20-10-4-5-14-22(20)24-23(27)15-17-25(24,28)16-7-9-19-29-21-12-2-1-3-13-21/h1-5,10,12-15,17,24,26,28H,6-9,11,16,18-19H2/t24-,25+/m0/s1. The van der Waals surface area contributed by atoms with Crippen LogP contribution in [0, 0.1) is 0 Å². The highest BCUT2D eigenvalue weighted by Crippen LogP contribution is 2.40. The molecule has 0 bridgehead atoms. The maximum Gasteiger partial charge on any atom is 0.166 e. The highest BCUT2D eigenvalue weighted by Gasteiger charge is 2.43. The van der Waals surface area contributed by atoms with Crippen molar-refractivity contribution in [2.45, 2.75) is 50.0 Å². The minimum absolute atomic E-state index is 0.0392. The summed E-state index contributed by atoms with van der Waals surface area (Å²) in [5, 5.41) is 20.3. The summed E-state index contributed by atoms with van der Waals surface area (Å²) >= 11 is 0. The monoisotopic (exact) mass is 394 g/mol. The average molecular weight is 395 g/mol. The van der Waals surface area contributed by atoms with Gasteiger partial charge in [-0.3, -0.25) is 4.79 Å². The van der Waals surface area contributed by atoms with E-state index in [1.54, 1.807) is 6.08 Å². The zero-order valence-electron chi connectivity index (χ0n) is 16.8. The molecule has 0 saturated heterocycles. The van der Waals surface area contributed by atoms with Gasteiger partial charge in [-0.05, 0) is 73.9 Å². The third-order valence-corrected chi connectivity index (χ3v) is 5.52. The van der Waals surface area contributed by atoms with E-state index in [2.05, 4.69) is 0 Å². The number of hydrogen-bond donors (Lipinski definition) is 2. The van der Waals surface area contributed by atoms with Crippen LogP contribution in [0.5, 0.6) is 5.75 Å². The number of ketones is 1. The van der Waals surface area contributed by atoms with Crippen LogP contribution in [0.1, 0.15) is 49.1 Å². The van der Waals surface area contributed by atoms with E-state index in [9.17, 15) is 9.90 Å². The molecule has 1 aliphatic rings. The Labute approximate surface area is 172 Å². The summed E-state index contributed by atoms with van der Waals surface area (Å²) < 4.78 is 5.72. The topological polar surface area (TPSA) is 66.8 Å². The Morgan fingerprint density at radius 2 is 1.69 bits per heavy atom. The largest absolute Gasteiger partial charge is 0.494 e. The predicted molar refractivity (Wildman–Crippen MR) is 114 cm³/mol. The minimum Gasteiger partial charge on any atom is -0.494 e. The summed E-state index contributed by atoms with van der Waals surface area (Å²) in [6, 6.07) is 17.5. The molecule has 0 radical (unpaired) electrons. The van der Waals surface area contributed by atoms with Gasteiger partial charge in [-0.2, -0.15) is 0 Å². The molecule has 0 saturated carbocycles. The molecule has 0 aromatic heterocycles. The molecular formula is C25H30O4. The lowest BCUT2D eigenvalue weighted by atomic mass is 9.78. The van der Waals surface area contributed by atoms with E-state index in [-0.39, 0.29) is 12.4 Å². The van der Waals surface area contributed by atoms with E-state index in [0.29, 0.717) is 13.0 Å². The summed E-state index contributed by atoms with van der Waals surface area (Å²) in [6.45, 7) is 0.751. The van der Waals surface area contributed by atoms with Crippen molar-refractivity contribution in [1.82, 2.24) is 0 Å². The number of carbonyl (C=O) groups excluding carboxylic acids is 1. The lowest BCUT2D eigenvalue weighted by Gasteiger charge is -2.30. The normalized spacial score (nSPS) is 20.9. The molecule has 154 valence electrons. The van der Waals surface area contributed by atoms with Crippen molar-refractivity contribution in [3.8, 4) is 5.75 Å². The van der Waals surface area contributed by atoms with Gasteiger partial charge in [-0.1, -0.05) is 42.5 Å². The van der Waals surface area contributed by atoms with Crippen molar-refractivity contribution in [3.63, 3.8) is 0 Å². The zero-order chi connectivity index (χ0) is 20.5.